The minimum atomic E-state index is 0.0379. The van der Waals surface area contributed by atoms with Crippen LogP contribution in [0.15, 0.2) is 24.3 Å². The predicted molar refractivity (Wildman–Crippen MR) is 97.7 cm³/mol. The van der Waals surface area contributed by atoms with Gasteiger partial charge in [0.25, 0.3) is 0 Å². The molecule has 0 unspecified atom stereocenters. The summed E-state index contributed by atoms with van der Waals surface area (Å²) >= 11 is 0. The molecule has 3 amide bonds. The van der Waals surface area contributed by atoms with Crippen molar-refractivity contribution in [1.29, 1.82) is 0 Å². The van der Waals surface area contributed by atoms with Crippen molar-refractivity contribution in [2.75, 3.05) is 40.3 Å². The molecule has 6 heteroatoms. The maximum Gasteiger partial charge on any atom is 0.319 e. The number of rotatable bonds is 6. The van der Waals surface area contributed by atoms with Gasteiger partial charge >= 0.3 is 6.03 Å². The van der Waals surface area contributed by atoms with E-state index in [9.17, 15) is 9.59 Å². The fourth-order valence-corrected chi connectivity index (χ4v) is 2.99. The van der Waals surface area contributed by atoms with E-state index in [1.54, 1.807) is 19.0 Å². The van der Waals surface area contributed by atoms with Gasteiger partial charge in [0.15, 0.2) is 0 Å². The molecule has 1 aliphatic heterocycles. The number of ether oxygens (including phenoxy) is 1. The van der Waals surface area contributed by atoms with Crippen LogP contribution in [0.5, 0.6) is 5.75 Å². The van der Waals surface area contributed by atoms with E-state index in [0.717, 1.165) is 37.2 Å². The highest BCUT2D eigenvalue weighted by Gasteiger charge is 2.23. The van der Waals surface area contributed by atoms with Gasteiger partial charge < -0.3 is 19.9 Å². The second kappa shape index (κ2) is 9.30. The van der Waals surface area contributed by atoms with Crippen LogP contribution in [0.25, 0.3) is 0 Å². The summed E-state index contributed by atoms with van der Waals surface area (Å²) in [6, 6.07) is 7.71. The Morgan fingerprint density at radius 3 is 2.40 bits per heavy atom. The van der Waals surface area contributed by atoms with E-state index in [0.29, 0.717) is 25.5 Å². The normalized spacial score (nSPS) is 14.9. The first kappa shape index (κ1) is 19.1. The van der Waals surface area contributed by atoms with Crippen molar-refractivity contribution in [2.24, 2.45) is 5.92 Å². The molecule has 0 aromatic heterocycles. The van der Waals surface area contributed by atoms with Crippen molar-refractivity contribution in [3.8, 4) is 5.75 Å². The molecule has 0 bridgehead atoms. The maximum absolute atomic E-state index is 12.1. The first-order valence-electron chi connectivity index (χ1n) is 8.94. The Morgan fingerprint density at radius 1 is 1.20 bits per heavy atom. The molecule has 0 radical (unpaired) electrons. The van der Waals surface area contributed by atoms with Gasteiger partial charge in [-0.1, -0.05) is 12.1 Å². The van der Waals surface area contributed by atoms with E-state index in [4.69, 9.17) is 4.74 Å². The molecular weight excluding hydrogens is 318 g/mol. The van der Waals surface area contributed by atoms with E-state index >= 15 is 0 Å². The van der Waals surface area contributed by atoms with Crippen LogP contribution in [0, 0.1) is 5.92 Å². The van der Waals surface area contributed by atoms with E-state index in [2.05, 4.69) is 5.32 Å². The van der Waals surface area contributed by atoms with Gasteiger partial charge in [-0.15, -0.1) is 0 Å². The van der Waals surface area contributed by atoms with Crippen molar-refractivity contribution in [3.63, 3.8) is 0 Å². The number of hydrogen-bond donors (Lipinski definition) is 1. The summed E-state index contributed by atoms with van der Waals surface area (Å²) in [5, 5.41) is 3.02. The molecule has 6 nitrogen and oxygen atoms in total. The number of carbonyl (C=O) groups excluding carboxylic acids is 2. The molecular formula is C19H29N3O3. The molecule has 1 saturated heterocycles. The van der Waals surface area contributed by atoms with Gasteiger partial charge in [-0.25, -0.2) is 4.79 Å². The van der Waals surface area contributed by atoms with Gasteiger partial charge in [-0.05, 0) is 43.4 Å². The zero-order chi connectivity index (χ0) is 18.2. The highest BCUT2D eigenvalue weighted by atomic mass is 16.5. The Kier molecular flexibility index (Phi) is 7.10. The Labute approximate surface area is 150 Å². The fourth-order valence-electron chi connectivity index (χ4n) is 2.99. The number of hydrogen-bond acceptors (Lipinski definition) is 3. The lowest BCUT2D eigenvalue weighted by atomic mass is 9.97. The third-order valence-electron chi connectivity index (χ3n) is 4.45. The Morgan fingerprint density at radius 2 is 1.84 bits per heavy atom. The maximum atomic E-state index is 12.1. The lowest BCUT2D eigenvalue weighted by Crippen LogP contribution is -2.45. The Bertz CT molecular complexity index is 564. The third kappa shape index (κ3) is 5.96. The second-order valence-corrected chi connectivity index (χ2v) is 6.67. The molecule has 1 aromatic rings. The monoisotopic (exact) mass is 347 g/mol. The van der Waals surface area contributed by atoms with Crippen molar-refractivity contribution in [1.82, 2.24) is 15.1 Å². The molecule has 0 atom stereocenters. The van der Waals surface area contributed by atoms with Crippen LogP contribution in [0.4, 0.5) is 4.79 Å². The molecule has 2 rings (SSSR count). The van der Waals surface area contributed by atoms with E-state index in [-0.39, 0.29) is 11.9 Å². The van der Waals surface area contributed by atoms with E-state index in [1.807, 2.05) is 36.1 Å². The van der Waals surface area contributed by atoms with Crippen LogP contribution in [0.1, 0.15) is 25.3 Å². The summed E-state index contributed by atoms with van der Waals surface area (Å²) in [6.45, 7) is 4.79. The van der Waals surface area contributed by atoms with Crippen molar-refractivity contribution >= 4 is 11.9 Å². The van der Waals surface area contributed by atoms with Gasteiger partial charge in [0, 0.05) is 33.7 Å². The Hall–Kier alpha value is -2.24. The lowest BCUT2D eigenvalue weighted by molar-refractivity contribution is -0.120. The van der Waals surface area contributed by atoms with Crippen molar-refractivity contribution in [2.45, 2.75) is 26.2 Å². The zero-order valence-electron chi connectivity index (χ0n) is 15.5. The molecule has 1 fully saturated rings. The SMILES string of the molecule is CCOc1ccc(CC(=O)NCC2CCN(C(=O)N(C)C)CC2)cc1. The van der Waals surface area contributed by atoms with Crippen LogP contribution in [0.2, 0.25) is 0 Å². The molecule has 25 heavy (non-hydrogen) atoms. The molecule has 0 saturated carbocycles. The van der Waals surface area contributed by atoms with Crippen LogP contribution in [-0.2, 0) is 11.2 Å². The fraction of sp³-hybridized carbons (Fsp3) is 0.579. The molecule has 1 heterocycles. The Balaban J connectivity index is 1.69. The number of nitrogens with zero attached hydrogens (tertiary/aromatic N) is 2. The summed E-state index contributed by atoms with van der Waals surface area (Å²) in [4.78, 5) is 27.5. The van der Waals surface area contributed by atoms with Crippen molar-refractivity contribution in [3.05, 3.63) is 29.8 Å². The highest BCUT2D eigenvalue weighted by molar-refractivity contribution is 5.78. The first-order valence-corrected chi connectivity index (χ1v) is 8.94. The molecule has 1 aromatic carbocycles. The molecule has 1 aliphatic rings. The molecule has 138 valence electrons. The molecule has 0 aliphatic carbocycles. The van der Waals surface area contributed by atoms with Gasteiger partial charge in [0.05, 0.1) is 13.0 Å². The largest absolute Gasteiger partial charge is 0.494 e. The average molecular weight is 347 g/mol. The zero-order valence-corrected chi connectivity index (χ0v) is 15.5. The summed E-state index contributed by atoms with van der Waals surface area (Å²) in [5.41, 5.74) is 0.979. The highest BCUT2D eigenvalue weighted by Crippen LogP contribution is 2.17. The molecule has 1 N–H and O–H groups in total. The topological polar surface area (TPSA) is 61.9 Å². The van der Waals surface area contributed by atoms with Gasteiger partial charge in [0.1, 0.15) is 5.75 Å². The average Bonchev–Trinajstić information content (AvgIpc) is 2.61. The number of piperidine rings is 1. The smallest absolute Gasteiger partial charge is 0.319 e. The lowest BCUT2D eigenvalue weighted by Gasteiger charge is -2.33. The number of urea groups is 1. The van der Waals surface area contributed by atoms with Crippen LogP contribution in [0.3, 0.4) is 0 Å². The number of likely N-dealkylation sites (tertiary alicyclic amines) is 1. The second-order valence-electron chi connectivity index (χ2n) is 6.67. The van der Waals surface area contributed by atoms with Crippen molar-refractivity contribution < 1.29 is 14.3 Å². The third-order valence-corrected chi connectivity index (χ3v) is 4.45. The van der Waals surface area contributed by atoms with Crippen LogP contribution >= 0.6 is 0 Å². The van der Waals surface area contributed by atoms with Gasteiger partial charge in [-0.3, -0.25) is 4.79 Å². The van der Waals surface area contributed by atoms with E-state index in [1.165, 1.54) is 0 Å². The quantitative estimate of drug-likeness (QED) is 0.858. The number of amides is 3. The van der Waals surface area contributed by atoms with Gasteiger partial charge in [-0.2, -0.15) is 0 Å². The van der Waals surface area contributed by atoms with Crippen LogP contribution < -0.4 is 10.1 Å². The summed E-state index contributed by atoms with van der Waals surface area (Å²) in [7, 11) is 3.55. The number of benzene rings is 1. The first-order chi connectivity index (χ1) is 12.0. The standard InChI is InChI=1S/C19H29N3O3/c1-4-25-17-7-5-15(6-8-17)13-18(23)20-14-16-9-11-22(12-10-16)19(24)21(2)3/h5-8,16H,4,9-14H2,1-3H3,(H,20,23). The minimum absolute atomic E-state index is 0.0379. The van der Waals surface area contributed by atoms with Gasteiger partial charge in [0.2, 0.25) is 5.91 Å². The molecule has 0 spiro atoms. The number of carbonyl (C=O) groups is 2. The van der Waals surface area contributed by atoms with Crippen LogP contribution in [-0.4, -0.2) is 62.1 Å². The summed E-state index contributed by atoms with van der Waals surface area (Å²) in [6.07, 6.45) is 2.25. The summed E-state index contributed by atoms with van der Waals surface area (Å²) < 4.78 is 5.40. The predicted octanol–water partition coefficient (Wildman–Crippen LogP) is 2.14. The minimum Gasteiger partial charge on any atom is -0.494 e. The van der Waals surface area contributed by atoms with E-state index < -0.39 is 0 Å². The summed E-state index contributed by atoms with van der Waals surface area (Å²) in [5.74, 6) is 1.30. The number of nitrogens with one attached hydrogen (secondary N) is 1.